The molecule has 0 aliphatic rings. The lowest BCUT2D eigenvalue weighted by molar-refractivity contribution is -0.384. The molecule has 0 unspecified atom stereocenters. The zero-order valence-electron chi connectivity index (χ0n) is 9.18. The van der Waals surface area contributed by atoms with Crippen LogP contribution in [-0.2, 0) is 0 Å². The van der Waals surface area contributed by atoms with Gasteiger partial charge in [-0.15, -0.1) is 0 Å². The number of hydrogen-bond donors (Lipinski definition) is 0. The molecule has 2 aromatic rings. The third-order valence-electron chi connectivity index (χ3n) is 2.49. The van der Waals surface area contributed by atoms with E-state index in [0.29, 0.717) is 0 Å². The minimum absolute atomic E-state index is 0.125. The van der Waals surface area contributed by atoms with Crippen molar-refractivity contribution in [2.24, 2.45) is 0 Å². The average Bonchev–Trinajstić information content (AvgIpc) is 2.32. The van der Waals surface area contributed by atoms with Crippen molar-refractivity contribution in [3.05, 3.63) is 61.7 Å². The maximum Gasteiger partial charge on any atom is 0.270 e. The Morgan fingerprint density at radius 2 is 1.94 bits per heavy atom. The van der Waals surface area contributed by atoms with Crippen molar-refractivity contribution in [3.8, 4) is 11.1 Å². The van der Waals surface area contributed by atoms with Crippen LogP contribution in [0.1, 0.15) is 5.56 Å². The molecule has 0 aromatic heterocycles. The van der Waals surface area contributed by atoms with Gasteiger partial charge in [0.2, 0.25) is 0 Å². The molecule has 0 heterocycles. The molecule has 2 rings (SSSR count). The summed E-state index contributed by atoms with van der Waals surface area (Å²) in [5, 5.41) is 10.7. The average molecular weight is 339 g/mol. The first kappa shape index (κ1) is 12.0. The van der Waals surface area contributed by atoms with Crippen LogP contribution in [0.2, 0.25) is 0 Å². The van der Waals surface area contributed by atoms with E-state index in [1.165, 1.54) is 6.07 Å². The quantitative estimate of drug-likeness (QED) is 0.468. The Kier molecular flexibility index (Phi) is 3.42. The minimum atomic E-state index is -0.369. The highest BCUT2D eigenvalue weighted by atomic mass is 127. The molecule has 0 N–H and O–H groups in total. The van der Waals surface area contributed by atoms with Crippen LogP contribution >= 0.6 is 22.6 Å². The van der Waals surface area contributed by atoms with E-state index < -0.39 is 0 Å². The number of rotatable bonds is 2. The first-order valence-electron chi connectivity index (χ1n) is 5.09. The lowest BCUT2D eigenvalue weighted by Gasteiger charge is -2.06. The van der Waals surface area contributed by atoms with Gasteiger partial charge in [0, 0.05) is 15.7 Å². The molecule has 0 aliphatic carbocycles. The summed E-state index contributed by atoms with van der Waals surface area (Å²) in [6, 6.07) is 12.8. The molecule has 4 heteroatoms. The van der Waals surface area contributed by atoms with Crippen LogP contribution in [0.5, 0.6) is 0 Å². The zero-order valence-corrected chi connectivity index (χ0v) is 11.3. The summed E-state index contributed by atoms with van der Waals surface area (Å²) in [5.74, 6) is 0. The molecular weight excluding hydrogens is 329 g/mol. The molecule has 0 spiro atoms. The van der Waals surface area contributed by atoms with Crippen molar-refractivity contribution in [3.63, 3.8) is 0 Å². The number of benzene rings is 2. The molecule has 2 aromatic carbocycles. The third kappa shape index (κ3) is 2.63. The Bertz CT molecular complexity index is 581. The monoisotopic (exact) mass is 339 g/mol. The summed E-state index contributed by atoms with van der Waals surface area (Å²) in [6.07, 6.45) is 0. The smallest absolute Gasteiger partial charge is 0.258 e. The van der Waals surface area contributed by atoms with Gasteiger partial charge in [-0.25, -0.2) is 0 Å². The fourth-order valence-corrected chi connectivity index (χ4v) is 2.29. The lowest BCUT2D eigenvalue weighted by Crippen LogP contribution is -1.89. The van der Waals surface area contributed by atoms with Gasteiger partial charge in [0.25, 0.3) is 5.69 Å². The van der Waals surface area contributed by atoms with Gasteiger partial charge in [-0.2, -0.15) is 0 Å². The molecule has 0 aliphatic heterocycles. The van der Waals surface area contributed by atoms with E-state index in [-0.39, 0.29) is 10.6 Å². The topological polar surface area (TPSA) is 43.1 Å². The van der Waals surface area contributed by atoms with Crippen LogP contribution in [0.4, 0.5) is 5.69 Å². The summed E-state index contributed by atoms with van der Waals surface area (Å²) in [4.78, 5) is 10.4. The molecule has 0 saturated heterocycles. The number of aryl methyl sites for hydroxylation is 1. The first-order valence-corrected chi connectivity index (χ1v) is 6.17. The van der Waals surface area contributed by atoms with Gasteiger partial charge < -0.3 is 0 Å². The van der Waals surface area contributed by atoms with Crippen molar-refractivity contribution in [2.75, 3.05) is 0 Å². The van der Waals surface area contributed by atoms with Crippen LogP contribution in [-0.4, -0.2) is 4.92 Å². The molecule has 0 bridgehead atoms. The molecule has 0 saturated carbocycles. The van der Waals surface area contributed by atoms with Gasteiger partial charge in [0.1, 0.15) is 0 Å². The number of nitro groups is 1. The molecule has 0 radical (unpaired) electrons. The van der Waals surface area contributed by atoms with Crippen LogP contribution < -0.4 is 0 Å². The molecule has 86 valence electrons. The standard InChI is InChI=1S/C13H10INO2/c1-9-5-6-13(14)12(7-9)10-3-2-4-11(8-10)15(16)17/h2-8H,1H3. The summed E-state index contributed by atoms with van der Waals surface area (Å²) in [7, 11) is 0. The third-order valence-corrected chi connectivity index (χ3v) is 3.43. The summed E-state index contributed by atoms with van der Waals surface area (Å²) < 4.78 is 1.09. The highest BCUT2D eigenvalue weighted by molar-refractivity contribution is 14.1. The van der Waals surface area contributed by atoms with Crippen molar-refractivity contribution in [1.29, 1.82) is 0 Å². The molecule has 17 heavy (non-hydrogen) atoms. The summed E-state index contributed by atoms with van der Waals surface area (Å²) >= 11 is 2.24. The summed E-state index contributed by atoms with van der Waals surface area (Å²) in [5.41, 5.74) is 3.19. The van der Waals surface area contributed by atoms with Crippen LogP contribution in [0.15, 0.2) is 42.5 Å². The van der Waals surface area contributed by atoms with Crippen LogP contribution in [0.3, 0.4) is 0 Å². The molecule has 0 atom stereocenters. The van der Waals surface area contributed by atoms with Crippen molar-refractivity contribution >= 4 is 28.3 Å². The van der Waals surface area contributed by atoms with Gasteiger partial charge in [-0.05, 0) is 46.7 Å². The Balaban J connectivity index is 2.56. The number of nitrogens with zero attached hydrogens (tertiary/aromatic N) is 1. The van der Waals surface area contributed by atoms with E-state index in [1.807, 2.05) is 31.2 Å². The Morgan fingerprint density at radius 1 is 1.18 bits per heavy atom. The molecule has 0 fully saturated rings. The Morgan fingerprint density at radius 3 is 2.65 bits per heavy atom. The van der Waals surface area contributed by atoms with E-state index in [9.17, 15) is 10.1 Å². The predicted molar refractivity (Wildman–Crippen MR) is 76.0 cm³/mol. The SMILES string of the molecule is Cc1ccc(I)c(-c2cccc([N+](=O)[O-])c2)c1. The van der Waals surface area contributed by atoms with E-state index in [2.05, 4.69) is 22.6 Å². The van der Waals surface area contributed by atoms with E-state index in [0.717, 1.165) is 20.3 Å². The highest BCUT2D eigenvalue weighted by Crippen LogP contribution is 2.28. The highest BCUT2D eigenvalue weighted by Gasteiger charge is 2.09. The Labute approximate surface area is 113 Å². The number of nitro benzene ring substituents is 1. The van der Waals surface area contributed by atoms with Crippen molar-refractivity contribution in [2.45, 2.75) is 6.92 Å². The fourth-order valence-electron chi connectivity index (χ4n) is 1.65. The maximum atomic E-state index is 10.7. The van der Waals surface area contributed by atoms with Crippen LogP contribution in [0.25, 0.3) is 11.1 Å². The maximum absolute atomic E-state index is 10.7. The molecular formula is C13H10INO2. The van der Waals surface area contributed by atoms with Gasteiger partial charge in [0.15, 0.2) is 0 Å². The van der Waals surface area contributed by atoms with E-state index in [4.69, 9.17) is 0 Å². The van der Waals surface area contributed by atoms with E-state index >= 15 is 0 Å². The second kappa shape index (κ2) is 4.83. The number of non-ortho nitro benzene ring substituents is 1. The second-order valence-electron chi connectivity index (χ2n) is 3.79. The normalized spacial score (nSPS) is 10.2. The number of hydrogen-bond acceptors (Lipinski definition) is 2. The van der Waals surface area contributed by atoms with Gasteiger partial charge in [0.05, 0.1) is 4.92 Å². The predicted octanol–water partition coefficient (Wildman–Crippen LogP) is 4.17. The second-order valence-corrected chi connectivity index (χ2v) is 4.95. The minimum Gasteiger partial charge on any atom is -0.258 e. The van der Waals surface area contributed by atoms with Gasteiger partial charge in [-0.3, -0.25) is 10.1 Å². The molecule has 3 nitrogen and oxygen atoms in total. The number of halogens is 1. The molecule has 0 amide bonds. The van der Waals surface area contributed by atoms with Crippen molar-refractivity contribution < 1.29 is 4.92 Å². The van der Waals surface area contributed by atoms with Gasteiger partial charge in [-0.1, -0.05) is 29.8 Å². The largest absolute Gasteiger partial charge is 0.270 e. The Hall–Kier alpha value is -1.43. The zero-order chi connectivity index (χ0) is 12.4. The fraction of sp³-hybridized carbons (Fsp3) is 0.0769. The lowest BCUT2D eigenvalue weighted by atomic mass is 10.0. The van der Waals surface area contributed by atoms with Crippen molar-refractivity contribution in [1.82, 2.24) is 0 Å². The van der Waals surface area contributed by atoms with E-state index in [1.54, 1.807) is 12.1 Å². The first-order chi connectivity index (χ1) is 8.08. The van der Waals surface area contributed by atoms with Gasteiger partial charge >= 0.3 is 0 Å². The summed E-state index contributed by atoms with van der Waals surface area (Å²) in [6.45, 7) is 2.01. The van der Waals surface area contributed by atoms with Crippen LogP contribution in [0, 0.1) is 20.6 Å².